The highest BCUT2D eigenvalue weighted by Crippen LogP contribution is 2.24. The van der Waals surface area contributed by atoms with Crippen molar-refractivity contribution in [2.45, 2.75) is 26.3 Å². The van der Waals surface area contributed by atoms with Crippen LogP contribution in [0.5, 0.6) is 0 Å². The standard InChI is InChI=1S/C12H17N5/c1-3-9(11-15-6-7-16-11)17-12-10(13)8(2)4-5-14-12/h4-7,9H,3,13H2,1-2H3,(H,14,17)(H,15,16). The summed E-state index contributed by atoms with van der Waals surface area (Å²) in [5.74, 6) is 1.61. The molecule has 1 atom stereocenters. The van der Waals surface area contributed by atoms with Gasteiger partial charge in [-0.3, -0.25) is 0 Å². The quantitative estimate of drug-likeness (QED) is 0.754. The molecule has 0 fully saturated rings. The number of nitrogen functional groups attached to an aromatic ring is 1. The second-order valence-corrected chi connectivity index (χ2v) is 3.97. The molecule has 2 aromatic rings. The van der Waals surface area contributed by atoms with Gasteiger partial charge in [0.2, 0.25) is 0 Å². The average molecular weight is 231 g/mol. The highest BCUT2D eigenvalue weighted by molar-refractivity contribution is 5.65. The average Bonchev–Trinajstić information content (AvgIpc) is 2.85. The van der Waals surface area contributed by atoms with Gasteiger partial charge in [-0.25, -0.2) is 9.97 Å². The highest BCUT2D eigenvalue weighted by atomic mass is 15.1. The van der Waals surface area contributed by atoms with E-state index in [9.17, 15) is 0 Å². The maximum Gasteiger partial charge on any atom is 0.150 e. The molecular formula is C12H17N5. The number of pyridine rings is 1. The normalized spacial score (nSPS) is 12.4. The van der Waals surface area contributed by atoms with E-state index in [1.54, 1.807) is 12.4 Å². The molecule has 4 N–H and O–H groups in total. The largest absolute Gasteiger partial charge is 0.396 e. The number of H-pyrrole nitrogens is 1. The van der Waals surface area contributed by atoms with Crippen LogP contribution in [0.1, 0.15) is 30.8 Å². The van der Waals surface area contributed by atoms with Gasteiger partial charge in [0.1, 0.15) is 11.6 Å². The summed E-state index contributed by atoms with van der Waals surface area (Å²) in [5, 5.41) is 3.31. The number of imidazole rings is 1. The highest BCUT2D eigenvalue weighted by Gasteiger charge is 2.13. The molecule has 2 rings (SSSR count). The first-order valence-corrected chi connectivity index (χ1v) is 5.69. The second kappa shape index (κ2) is 4.86. The van der Waals surface area contributed by atoms with Crippen LogP contribution in [0.25, 0.3) is 0 Å². The van der Waals surface area contributed by atoms with Gasteiger partial charge in [0.05, 0.1) is 11.7 Å². The van der Waals surface area contributed by atoms with Crippen molar-refractivity contribution in [1.29, 1.82) is 0 Å². The van der Waals surface area contributed by atoms with Gasteiger partial charge in [-0.15, -0.1) is 0 Å². The van der Waals surface area contributed by atoms with Gasteiger partial charge < -0.3 is 16.0 Å². The number of nitrogens with two attached hydrogens (primary N) is 1. The van der Waals surface area contributed by atoms with E-state index in [1.807, 2.05) is 19.2 Å². The molecule has 0 saturated carbocycles. The molecule has 17 heavy (non-hydrogen) atoms. The predicted molar refractivity (Wildman–Crippen MR) is 68.6 cm³/mol. The minimum atomic E-state index is 0.0987. The molecule has 0 aliphatic rings. The Labute approximate surface area is 100 Å². The Kier molecular flexibility index (Phi) is 3.27. The smallest absolute Gasteiger partial charge is 0.150 e. The number of hydrogen-bond acceptors (Lipinski definition) is 4. The van der Waals surface area contributed by atoms with Crippen LogP contribution in [-0.2, 0) is 0 Å². The summed E-state index contributed by atoms with van der Waals surface area (Å²) in [7, 11) is 0. The summed E-state index contributed by atoms with van der Waals surface area (Å²) >= 11 is 0. The lowest BCUT2D eigenvalue weighted by molar-refractivity contribution is 0.700. The van der Waals surface area contributed by atoms with Crippen LogP contribution in [-0.4, -0.2) is 15.0 Å². The molecular weight excluding hydrogens is 214 g/mol. The summed E-state index contributed by atoms with van der Waals surface area (Å²) in [4.78, 5) is 11.6. The Morgan fingerprint density at radius 2 is 2.24 bits per heavy atom. The molecule has 0 bridgehead atoms. The van der Waals surface area contributed by atoms with Crippen LogP contribution in [0.3, 0.4) is 0 Å². The molecule has 2 heterocycles. The molecule has 1 unspecified atom stereocenters. The molecule has 0 amide bonds. The number of anilines is 2. The first kappa shape index (κ1) is 11.4. The molecule has 0 aliphatic carbocycles. The van der Waals surface area contributed by atoms with Crippen molar-refractivity contribution in [3.05, 3.63) is 36.0 Å². The fourth-order valence-corrected chi connectivity index (χ4v) is 1.68. The Hall–Kier alpha value is -2.04. The molecule has 2 aromatic heterocycles. The van der Waals surface area contributed by atoms with Crippen molar-refractivity contribution in [3.63, 3.8) is 0 Å². The van der Waals surface area contributed by atoms with Gasteiger partial charge in [0, 0.05) is 18.6 Å². The van der Waals surface area contributed by atoms with E-state index in [4.69, 9.17) is 5.73 Å². The summed E-state index contributed by atoms with van der Waals surface area (Å²) in [6.45, 7) is 4.06. The van der Waals surface area contributed by atoms with Gasteiger partial charge in [-0.05, 0) is 25.0 Å². The molecule has 90 valence electrons. The van der Waals surface area contributed by atoms with Crippen molar-refractivity contribution in [1.82, 2.24) is 15.0 Å². The van der Waals surface area contributed by atoms with Crippen molar-refractivity contribution in [3.8, 4) is 0 Å². The number of nitrogens with one attached hydrogen (secondary N) is 2. The van der Waals surface area contributed by atoms with Crippen LogP contribution in [0.4, 0.5) is 11.5 Å². The fourth-order valence-electron chi connectivity index (χ4n) is 1.68. The zero-order chi connectivity index (χ0) is 12.3. The topological polar surface area (TPSA) is 79.6 Å². The van der Waals surface area contributed by atoms with Crippen molar-refractivity contribution in [2.75, 3.05) is 11.1 Å². The van der Waals surface area contributed by atoms with Crippen LogP contribution >= 0.6 is 0 Å². The Morgan fingerprint density at radius 3 is 2.88 bits per heavy atom. The van der Waals surface area contributed by atoms with Gasteiger partial charge in [0.15, 0.2) is 0 Å². The van der Waals surface area contributed by atoms with E-state index in [-0.39, 0.29) is 6.04 Å². The van der Waals surface area contributed by atoms with Gasteiger partial charge in [0.25, 0.3) is 0 Å². The lowest BCUT2D eigenvalue weighted by Crippen LogP contribution is -2.14. The van der Waals surface area contributed by atoms with Crippen LogP contribution < -0.4 is 11.1 Å². The van der Waals surface area contributed by atoms with E-state index in [1.165, 1.54) is 0 Å². The molecule has 0 saturated heterocycles. The Morgan fingerprint density at radius 1 is 1.41 bits per heavy atom. The molecule has 0 aliphatic heterocycles. The molecule has 0 spiro atoms. The Balaban J connectivity index is 2.22. The lowest BCUT2D eigenvalue weighted by Gasteiger charge is -2.17. The zero-order valence-corrected chi connectivity index (χ0v) is 10.1. The van der Waals surface area contributed by atoms with Crippen LogP contribution in [0, 0.1) is 6.92 Å². The third kappa shape index (κ3) is 2.38. The number of aromatic amines is 1. The number of hydrogen-bond donors (Lipinski definition) is 3. The van der Waals surface area contributed by atoms with E-state index in [0.29, 0.717) is 11.5 Å². The summed E-state index contributed by atoms with van der Waals surface area (Å²) in [6.07, 6.45) is 6.21. The van der Waals surface area contributed by atoms with Crippen LogP contribution in [0.15, 0.2) is 24.7 Å². The van der Waals surface area contributed by atoms with Crippen molar-refractivity contribution >= 4 is 11.5 Å². The second-order valence-electron chi connectivity index (χ2n) is 3.97. The monoisotopic (exact) mass is 231 g/mol. The van der Waals surface area contributed by atoms with Gasteiger partial charge >= 0.3 is 0 Å². The first-order valence-electron chi connectivity index (χ1n) is 5.69. The SMILES string of the molecule is CCC(Nc1nccc(C)c1N)c1ncc[nH]1. The van der Waals surface area contributed by atoms with Crippen molar-refractivity contribution < 1.29 is 0 Å². The third-order valence-corrected chi connectivity index (χ3v) is 2.78. The number of aryl methyl sites for hydroxylation is 1. The zero-order valence-electron chi connectivity index (χ0n) is 10.1. The number of rotatable bonds is 4. The molecule has 5 nitrogen and oxygen atoms in total. The maximum absolute atomic E-state index is 5.98. The summed E-state index contributed by atoms with van der Waals surface area (Å²) < 4.78 is 0. The predicted octanol–water partition coefficient (Wildman–Crippen LogP) is 2.26. The first-order chi connectivity index (χ1) is 8.22. The summed E-state index contributed by atoms with van der Waals surface area (Å²) in [6, 6.07) is 2.00. The fraction of sp³-hybridized carbons (Fsp3) is 0.333. The van der Waals surface area contributed by atoms with E-state index in [2.05, 4.69) is 27.2 Å². The lowest BCUT2D eigenvalue weighted by atomic mass is 10.2. The van der Waals surface area contributed by atoms with Crippen molar-refractivity contribution in [2.24, 2.45) is 0 Å². The minimum Gasteiger partial charge on any atom is -0.396 e. The number of aromatic nitrogens is 3. The molecule has 5 heteroatoms. The third-order valence-electron chi connectivity index (χ3n) is 2.78. The minimum absolute atomic E-state index is 0.0987. The van der Waals surface area contributed by atoms with E-state index < -0.39 is 0 Å². The summed E-state index contributed by atoms with van der Waals surface area (Å²) in [5.41, 5.74) is 7.70. The van der Waals surface area contributed by atoms with Gasteiger partial charge in [-0.1, -0.05) is 6.92 Å². The van der Waals surface area contributed by atoms with E-state index >= 15 is 0 Å². The van der Waals surface area contributed by atoms with E-state index in [0.717, 1.165) is 17.8 Å². The number of nitrogens with zero attached hydrogens (tertiary/aromatic N) is 2. The maximum atomic E-state index is 5.98. The van der Waals surface area contributed by atoms with Crippen LogP contribution in [0.2, 0.25) is 0 Å². The van der Waals surface area contributed by atoms with Gasteiger partial charge in [-0.2, -0.15) is 0 Å². The molecule has 0 aromatic carbocycles. The molecule has 0 radical (unpaired) electrons. The Bertz CT molecular complexity index is 478.